The van der Waals surface area contributed by atoms with Crippen LogP contribution in [0.4, 0.5) is 11.5 Å². The number of esters is 1. The Labute approximate surface area is 189 Å². The monoisotopic (exact) mass is 472 g/mol. The molecular formula is C21H20N4O7S. The van der Waals surface area contributed by atoms with Crippen LogP contribution in [-0.2, 0) is 14.8 Å². The molecule has 0 bridgehead atoms. The Morgan fingerprint density at radius 1 is 0.848 bits per heavy atom. The van der Waals surface area contributed by atoms with Crippen molar-refractivity contribution in [2.75, 3.05) is 31.4 Å². The van der Waals surface area contributed by atoms with Gasteiger partial charge in [-0.25, -0.2) is 13.2 Å². The summed E-state index contributed by atoms with van der Waals surface area (Å²) in [6.07, 6.45) is 0. The quantitative estimate of drug-likeness (QED) is 0.472. The van der Waals surface area contributed by atoms with Crippen molar-refractivity contribution >= 4 is 33.4 Å². The van der Waals surface area contributed by atoms with Gasteiger partial charge in [-0.2, -0.15) is 9.97 Å². The maximum atomic E-state index is 12.7. The topological polar surface area (TPSA) is 146 Å². The molecule has 1 heterocycles. The van der Waals surface area contributed by atoms with E-state index in [1.165, 1.54) is 75.9 Å². The van der Waals surface area contributed by atoms with Crippen LogP contribution in [0.3, 0.4) is 0 Å². The molecule has 0 aliphatic heterocycles. The molecular weight excluding hydrogens is 452 g/mol. The molecule has 11 nitrogen and oxygen atoms in total. The van der Waals surface area contributed by atoms with Crippen molar-refractivity contribution in [1.82, 2.24) is 9.97 Å². The standard InChI is InChI=1S/C21H20N4O7S/c1-30-18-12-17(23-21(24-18)32-3)25-33(28,29)16-10-8-15(9-11-16)22-19(26)13-4-6-14(7-5-13)20(27)31-2/h4-12H,1-3H3,(H,22,26)(H,23,24,25). The van der Waals surface area contributed by atoms with Crippen LogP contribution >= 0.6 is 0 Å². The zero-order valence-corrected chi connectivity index (χ0v) is 18.7. The Bertz CT molecular complexity index is 1240. The molecule has 0 spiro atoms. The van der Waals surface area contributed by atoms with Crippen molar-refractivity contribution in [2.45, 2.75) is 4.90 Å². The fourth-order valence-electron chi connectivity index (χ4n) is 2.64. The molecule has 12 heteroatoms. The van der Waals surface area contributed by atoms with E-state index in [1.54, 1.807) is 0 Å². The minimum Gasteiger partial charge on any atom is -0.481 e. The second kappa shape index (κ2) is 9.96. The van der Waals surface area contributed by atoms with E-state index in [1.807, 2.05) is 0 Å². The smallest absolute Gasteiger partial charge is 0.337 e. The van der Waals surface area contributed by atoms with Crippen LogP contribution in [0.5, 0.6) is 11.9 Å². The summed E-state index contributed by atoms with van der Waals surface area (Å²) in [5, 5.41) is 2.66. The van der Waals surface area contributed by atoms with E-state index in [-0.39, 0.29) is 22.6 Å². The van der Waals surface area contributed by atoms with Gasteiger partial charge in [0.2, 0.25) is 5.88 Å². The third kappa shape index (κ3) is 5.74. The van der Waals surface area contributed by atoms with Crippen molar-refractivity contribution in [1.29, 1.82) is 0 Å². The van der Waals surface area contributed by atoms with Gasteiger partial charge in [0.05, 0.1) is 31.8 Å². The Morgan fingerprint density at radius 3 is 2.06 bits per heavy atom. The molecule has 0 saturated heterocycles. The zero-order valence-electron chi connectivity index (χ0n) is 17.9. The van der Waals surface area contributed by atoms with E-state index in [9.17, 15) is 18.0 Å². The first-order valence-electron chi connectivity index (χ1n) is 9.35. The Morgan fingerprint density at radius 2 is 1.48 bits per heavy atom. The van der Waals surface area contributed by atoms with Crippen molar-refractivity contribution in [2.24, 2.45) is 0 Å². The van der Waals surface area contributed by atoms with Crippen LogP contribution in [0.25, 0.3) is 0 Å². The van der Waals surface area contributed by atoms with E-state index >= 15 is 0 Å². The average molecular weight is 472 g/mol. The first kappa shape index (κ1) is 23.5. The Balaban J connectivity index is 1.71. The highest BCUT2D eigenvalue weighted by Crippen LogP contribution is 2.22. The van der Waals surface area contributed by atoms with Crippen LogP contribution < -0.4 is 19.5 Å². The SMILES string of the molecule is COC(=O)c1ccc(C(=O)Nc2ccc(S(=O)(=O)Nc3cc(OC)nc(OC)n3)cc2)cc1. The molecule has 0 saturated carbocycles. The molecule has 1 amide bonds. The van der Waals surface area contributed by atoms with Crippen LogP contribution in [0.15, 0.2) is 59.5 Å². The number of anilines is 2. The summed E-state index contributed by atoms with van der Waals surface area (Å²) >= 11 is 0. The number of methoxy groups -OCH3 is 3. The molecule has 0 aliphatic carbocycles. The summed E-state index contributed by atoms with van der Waals surface area (Å²) < 4.78 is 42.3. The van der Waals surface area contributed by atoms with Crippen molar-refractivity contribution in [3.8, 4) is 11.9 Å². The maximum Gasteiger partial charge on any atom is 0.337 e. The number of rotatable bonds is 8. The van der Waals surface area contributed by atoms with Gasteiger partial charge < -0.3 is 19.5 Å². The van der Waals surface area contributed by atoms with Crippen LogP contribution in [0.1, 0.15) is 20.7 Å². The number of hydrogen-bond donors (Lipinski definition) is 2. The predicted molar refractivity (Wildman–Crippen MR) is 118 cm³/mol. The molecule has 0 fully saturated rings. The lowest BCUT2D eigenvalue weighted by Crippen LogP contribution is -2.15. The van der Waals surface area contributed by atoms with Crippen molar-refractivity contribution in [3.05, 3.63) is 65.7 Å². The second-order valence-corrected chi connectivity index (χ2v) is 8.12. The molecule has 33 heavy (non-hydrogen) atoms. The van der Waals surface area contributed by atoms with E-state index in [2.05, 4.69) is 24.7 Å². The summed E-state index contributed by atoms with van der Waals surface area (Å²) in [6.45, 7) is 0. The minimum absolute atomic E-state index is 0.0357. The molecule has 0 radical (unpaired) electrons. The van der Waals surface area contributed by atoms with E-state index in [0.717, 1.165) is 0 Å². The Hall–Kier alpha value is -4.19. The number of benzene rings is 2. The third-order valence-electron chi connectivity index (χ3n) is 4.30. The first-order chi connectivity index (χ1) is 15.7. The van der Waals surface area contributed by atoms with Gasteiger partial charge in [-0.3, -0.25) is 9.52 Å². The van der Waals surface area contributed by atoms with Crippen LogP contribution in [0.2, 0.25) is 0 Å². The summed E-state index contributed by atoms with van der Waals surface area (Å²) in [6, 6.07) is 12.7. The number of aromatic nitrogens is 2. The van der Waals surface area contributed by atoms with Gasteiger partial charge in [-0.1, -0.05) is 0 Å². The third-order valence-corrected chi connectivity index (χ3v) is 5.67. The number of nitrogens with one attached hydrogen (secondary N) is 2. The normalized spacial score (nSPS) is 10.8. The number of carbonyl (C=O) groups excluding carboxylic acids is 2. The van der Waals surface area contributed by atoms with E-state index in [4.69, 9.17) is 9.47 Å². The molecule has 2 N–H and O–H groups in total. The minimum atomic E-state index is -3.98. The summed E-state index contributed by atoms with van der Waals surface area (Å²) in [4.78, 5) is 31.7. The van der Waals surface area contributed by atoms with Crippen LogP contribution in [-0.4, -0.2) is 51.6 Å². The highest BCUT2D eigenvalue weighted by molar-refractivity contribution is 7.92. The lowest BCUT2D eigenvalue weighted by atomic mass is 10.1. The lowest BCUT2D eigenvalue weighted by molar-refractivity contribution is 0.0600. The maximum absolute atomic E-state index is 12.7. The Kier molecular flexibility index (Phi) is 7.08. The van der Waals surface area contributed by atoms with Crippen molar-refractivity contribution < 1.29 is 32.2 Å². The first-order valence-corrected chi connectivity index (χ1v) is 10.8. The number of hydrogen-bond acceptors (Lipinski definition) is 9. The van der Waals surface area contributed by atoms with E-state index < -0.39 is 21.9 Å². The van der Waals surface area contributed by atoms with Gasteiger partial charge in [0, 0.05) is 17.3 Å². The second-order valence-electron chi connectivity index (χ2n) is 6.44. The number of ether oxygens (including phenoxy) is 3. The molecule has 1 aromatic heterocycles. The molecule has 3 rings (SSSR count). The highest BCUT2D eigenvalue weighted by atomic mass is 32.2. The summed E-state index contributed by atoms with van der Waals surface area (Å²) in [5.74, 6) is -0.852. The van der Waals surface area contributed by atoms with Crippen LogP contribution in [0, 0.1) is 0 Å². The molecule has 0 aliphatic rings. The van der Waals surface area contributed by atoms with Crippen molar-refractivity contribution in [3.63, 3.8) is 0 Å². The molecule has 2 aromatic carbocycles. The molecule has 0 unspecified atom stereocenters. The average Bonchev–Trinajstić information content (AvgIpc) is 2.83. The van der Waals surface area contributed by atoms with Gasteiger partial charge in [0.25, 0.3) is 15.9 Å². The summed E-state index contributed by atoms with van der Waals surface area (Å²) in [5.41, 5.74) is 1.00. The number of sulfonamides is 1. The number of nitrogens with zero attached hydrogens (tertiary/aromatic N) is 2. The highest BCUT2D eigenvalue weighted by Gasteiger charge is 2.17. The van der Waals surface area contributed by atoms with Gasteiger partial charge in [0.15, 0.2) is 5.82 Å². The van der Waals surface area contributed by atoms with Gasteiger partial charge in [-0.15, -0.1) is 0 Å². The van der Waals surface area contributed by atoms with Gasteiger partial charge in [0.1, 0.15) is 0 Å². The molecule has 0 atom stereocenters. The fourth-order valence-corrected chi connectivity index (χ4v) is 3.64. The number of carbonyl (C=O) groups is 2. The summed E-state index contributed by atoms with van der Waals surface area (Å²) in [7, 11) is -0.000175. The van der Waals surface area contributed by atoms with Gasteiger partial charge in [-0.05, 0) is 48.5 Å². The molecule has 3 aromatic rings. The predicted octanol–water partition coefficient (Wildman–Crippen LogP) is 2.33. The van der Waals surface area contributed by atoms with E-state index in [0.29, 0.717) is 16.8 Å². The fraction of sp³-hybridized carbons (Fsp3) is 0.143. The lowest BCUT2D eigenvalue weighted by Gasteiger charge is -2.10. The largest absolute Gasteiger partial charge is 0.481 e. The van der Waals surface area contributed by atoms with Gasteiger partial charge >= 0.3 is 12.0 Å². The number of amides is 1. The zero-order chi connectivity index (χ0) is 24.0. The molecule has 172 valence electrons.